The Labute approximate surface area is 248 Å². The van der Waals surface area contributed by atoms with Gasteiger partial charge in [-0.05, 0) is 48.4 Å². The van der Waals surface area contributed by atoms with Crippen molar-refractivity contribution < 1.29 is 27.7 Å². The fourth-order valence-electron chi connectivity index (χ4n) is 4.09. The van der Waals surface area contributed by atoms with Gasteiger partial charge < -0.3 is 21.1 Å². The molecule has 218 valence electrons. The van der Waals surface area contributed by atoms with Gasteiger partial charge in [0, 0.05) is 12.1 Å². The van der Waals surface area contributed by atoms with Crippen LogP contribution in [0, 0.1) is 10.1 Å². The number of carbonyl (C=O) groups excluding carboxylic acids is 2. The third kappa shape index (κ3) is 7.10. The molecule has 1 atom stereocenters. The van der Waals surface area contributed by atoms with Gasteiger partial charge in [0.25, 0.3) is 11.6 Å². The fourth-order valence-corrected chi connectivity index (χ4v) is 5.56. The van der Waals surface area contributed by atoms with E-state index in [9.17, 15) is 28.1 Å². The Morgan fingerprint density at radius 1 is 0.881 bits per heavy atom. The molecule has 0 heterocycles. The Hall–Kier alpha value is -4.78. The van der Waals surface area contributed by atoms with Crippen molar-refractivity contribution in [3.8, 4) is 5.75 Å². The Morgan fingerprint density at radius 2 is 1.50 bits per heavy atom. The van der Waals surface area contributed by atoms with Crippen molar-refractivity contribution in [2.45, 2.75) is 22.3 Å². The highest BCUT2D eigenvalue weighted by atomic mass is 35.5. The van der Waals surface area contributed by atoms with Crippen molar-refractivity contribution in [1.82, 2.24) is 0 Å². The number of methoxy groups -OCH3 is 1. The van der Waals surface area contributed by atoms with E-state index in [1.54, 1.807) is 24.3 Å². The molecule has 13 heteroatoms. The van der Waals surface area contributed by atoms with Crippen LogP contribution in [0.2, 0.25) is 0 Å². The van der Waals surface area contributed by atoms with Gasteiger partial charge in [0.05, 0.1) is 44.8 Å². The van der Waals surface area contributed by atoms with E-state index < -0.39 is 37.5 Å². The summed E-state index contributed by atoms with van der Waals surface area (Å²) >= 11 is 0. The predicted octanol–water partition coefficient (Wildman–Crippen LogP) is 4.62. The zero-order valence-corrected chi connectivity index (χ0v) is 23.9. The SMILES string of the molecule is COc1ccccc1NC(=O)c1c(NC(=O)C(N)Cc2ccccc2)cccc1S(=O)(=O)c1ccc([N+](=O)[O-])cc1.Cl. The lowest BCUT2D eigenvalue weighted by Crippen LogP contribution is -2.38. The molecule has 0 aliphatic heterocycles. The van der Waals surface area contributed by atoms with E-state index in [0.29, 0.717) is 5.75 Å². The molecule has 4 N–H and O–H groups in total. The first-order chi connectivity index (χ1) is 19.6. The van der Waals surface area contributed by atoms with Gasteiger partial charge in [0.15, 0.2) is 0 Å². The lowest BCUT2D eigenvalue weighted by Gasteiger charge is -2.18. The van der Waals surface area contributed by atoms with E-state index in [0.717, 1.165) is 29.8 Å². The normalized spacial score (nSPS) is 11.5. The summed E-state index contributed by atoms with van der Waals surface area (Å²) < 4.78 is 32.7. The maximum atomic E-state index is 13.7. The van der Waals surface area contributed by atoms with Crippen molar-refractivity contribution in [2.75, 3.05) is 17.7 Å². The first-order valence-corrected chi connectivity index (χ1v) is 13.8. The quantitative estimate of drug-likeness (QED) is 0.172. The molecule has 0 spiro atoms. The van der Waals surface area contributed by atoms with Crippen LogP contribution in [-0.4, -0.2) is 38.3 Å². The van der Waals surface area contributed by atoms with Gasteiger partial charge in [-0.15, -0.1) is 12.4 Å². The van der Waals surface area contributed by atoms with Crippen LogP contribution < -0.4 is 21.1 Å². The Bertz CT molecular complexity index is 1700. The minimum Gasteiger partial charge on any atom is -0.495 e. The molecule has 4 rings (SSSR count). The molecule has 0 aliphatic rings. The molecule has 1 unspecified atom stereocenters. The molecule has 2 amide bonds. The lowest BCUT2D eigenvalue weighted by molar-refractivity contribution is -0.384. The van der Waals surface area contributed by atoms with Crippen LogP contribution in [0.3, 0.4) is 0 Å². The largest absolute Gasteiger partial charge is 0.495 e. The number of nitro groups is 1. The lowest BCUT2D eigenvalue weighted by atomic mass is 10.1. The number of nitrogens with two attached hydrogens (primary N) is 1. The molecule has 42 heavy (non-hydrogen) atoms. The van der Waals surface area contributed by atoms with E-state index in [1.807, 2.05) is 30.3 Å². The molecular weight excluding hydrogens is 584 g/mol. The summed E-state index contributed by atoms with van der Waals surface area (Å²) in [6.07, 6.45) is 0.205. The summed E-state index contributed by atoms with van der Waals surface area (Å²) in [6, 6.07) is 22.9. The second-order valence-electron chi connectivity index (χ2n) is 8.87. The monoisotopic (exact) mass is 610 g/mol. The molecule has 0 saturated heterocycles. The molecule has 11 nitrogen and oxygen atoms in total. The number of rotatable bonds is 10. The van der Waals surface area contributed by atoms with Gasteiger partial charge >= 0.3 is 0 Å². The summed E-state index contributed by atoms with van der Waals surface area (Å²) in [7, 11) is -2.97. The second kappa shape index (κ2) is 13.7. The van der Waals surface area contributed by atoms with E-state index in [4.69, 9.17) is 10.5 Å². The predicted molar refractivity (Wildman–Crippen MR) is 160 cm³/mol. The van der Waals surface area contributed by atoms with E-state index in [2.05, 4.69) is 10.6 Å². The highest BCUT2D eigenvalue weighted by Gasteiger charge is 2.29. The molecule has 0 radical (unpaired) electrons. The number of anilines is 2. The standard InChI is InChI=1S/C29H26N4O7S.ClH/c1-40-25-12-6-5-10-23(25)31-29(35)27-24(32-28(34)22(30)18-19-8-3-2-4-9-19)11-7-13-26(27)41(38,39)21-16-14-20(15-17-21)33(36)37;/h2-17,22H,18,30H2,1H3,(H,31,35)(H,32,34);1H. The number of benzene rings is 4. The average Bonchev–Trinajstić information content (AvgIpc) is 2.97. The minimum absolute atomic E-state index is 0. The van der Waals surface area contributed by atoms with Crippen LogP contribution >= 0.6 is 12.4 Å². The zero-order chi connectivity index (χ0) is 29.6. The number of amides is 2. The van der Waals surface area contributed by atoms with Gasteiger partial charge in [-0.3, -0.25) is 19.7 Å². The van der Waals surface area contributed by atoms with Crippen LogP contribution in [0.4, 0.5) is 17.1 Å². The second-order valence-corrected chi connectivity index (χ2v) is 10.8. The van der Waals surface area contributed by atoms with Crippen molar-refractivity contribution >= 4 is 51.1 Å². The Morgan fingerprint density at radius 3 is 2.14 bits per heavy atom. The van der Waals surface area contributed by atoms with E-state index >= 15 is 0 Å². The van der Waals surface area contributed by atoms with Crippen LogP contribution in [0.1, 0.15) is 15.9 Å². The van der Waals surface area contributed by atoms with Gasteiger partial charge in [-0.2, -0.15) is 0 Å². The smallest absolute Gasteiger partial charge is 0.269 e. The number of nitrogens with one attached hydrogen (secondary N) is 2. The number of hydrogen-bond acceptors (Lipinski definition) is 8. The minimum atomic E-state index is -4.39. The van der Waals surface area contributed by atoms with Crippen LogP contribution in [0.25, 0.3) is 0 Å². The van der Waals surface area contributed by atoms with E-state index in [-0.39, 0.29) is 46.3 Å². The van der Waals surface area contributed by atoms with Crippen LogP contribution in [0.15, 0.2) is 107 Å². The van der Waals surface area contributed by atoms with Crippen molar-refractivity contribution in [3.05, 3.63) is 118 Å². The summed E-state index contributed by atoms with van der Waals surface area (Å²) in [5.74, 6) is -1.15. The van der Waals surface area contributed by atoms with Gasteiger partial charge in [-0.1, -0.05) is 48.5 Å². The number of non-ortho nitro benzene ring substituents is 1. The van der Waals surface area contributed by atoms with Crippen molar-refractivity contribution in [3.63, 3.8) is 0 Å². The number of nitro benzene ring substituents is 1. The van der Waals surface area contributed by atoms with Crippen molar-refractivity contribution in [1.29, 1.82) is 0 Å². The van der Waals surface area contributed by atoms with Gasteiger partial charge in [0.2, 0.25) is 15.7 Å². The average molecular weight is 611 g/mol. The first-order valence-electron chi connectivity index (χ1n) is 12.3. The molecule has 0 fully saturated rings. The number of nitrogens with zero attached hydrogens (tertiary/aromatic N) is 1. The molecule has 4 aromatic carbocycles. The number of para-hydroxylation sites is 2. The summed E-state index contributed by atoms with van der Waals surface area (Å²) in [5.41, 5.74) is 6.48. The maximum absolute atomic E-state index is 13.7. The fraction of sp³-hybridized carbons (Fsp3) is 0.103. The third-order valence-electron chi connectivity index (χ3n) is 6.15. The maximum Gasteiger partial charge on any atom is 0.269 e. The summed E-state index contributed by atoms with van der Waals surface area (Å²) in [5, 5.41) is 16.3. The molecule has 0 saturated carbocycles. The number of sulfone groups is 1. The van der Waals surface area contributed by atoms with Gasteiger partial charge in [0.1, 0.15) is 5.75 Å². The van der Waals surface area contributed by atoms with Crippen LogP contribution in [-0.2, 0) is 21.1 Å². The molecular formula is C29H27ClN4O7S. The van der Waals surface area contributed by atoms with Crippen LogP contribution in [0.5, 0.6) is 5.75 Å². The number of ether oxygens (including phenoxy) is 1. The van der Waals surface area contributed by atoms with E-state index in [1.165, 1.54) is 25.3 Å². The topological polar surface area (TPSA) is 171 Å². The highest BCUT2D eigenvalue weighted by Crippen LogP contribution is 2.32. The van der Waals surface area contributed by atoms with Crippen molar-refractivity contribution in [2.24, 2.45) is 5.73 Å². The molecule has 0 bridgehead atoms. The van der Waals surface area contributed by atoms with Gasteiger partial charge in [-0.25, -0.2) is 8.42 Å². The molecule has 4 aromatic rings. The first kappa shape index (κ1) is 31.7. The Kier molecular flexibility index (Phi) is 10.4. The highest BCUT2D eigenvalue weighted by molar-refractivity contribution is 7.91. The molecule has 0 aromatic heterocycles. The third-order valence-corrected chi connectivity index (χ3v) is 7.96. The molecule has 0 aliphatic carbocycles. The summed E-state index contributed by atoms with van der Waals surface area (Å²) in [6.45, 7) is 0. The number of hydrogen-bond donors (Lipinski definition) is 3. The zero-order valence-electron chi connectivity index (χ0n) is 22.2. The number of halogens is 1. The summed E-state index contributed by atoms with van der Waals surface area (Å²) in [4.78, 5) is 36.5. The number of carbonyl (C=O) groups is 2. The Balaban J connectivity index is 0.00000484.